The minimum absolute atomic E-state index is 0.0601. The van der Waals surface area contributed by atoms with Gasteiger partial charge in [0, 0.05) is 43.4 Å². The number of carbonyl (C=O) groups excluding carboxylic acids is 1. The molecule has 1 amide bonds. The zero-order valence-corrected chi connectivity index (χ0v) is 17.4. The van der Waals surface area contributed by atoms with Crippen LogP contribution in [0.5, 0.6) is 11.6 Å². The van der Waals surface area contributed by atoms with E-state index in [9.17, 15) is 4.79 Å². The summed E-state index contributed by atoms with van der Waals surface area (Å²) in [7, 11) is 1.61. The number of hydrogen-bond donors (Lipinski definition) is 1. The van der Waals surface area contributed by atoms with E-state index in [4.69, 9.17) is 14.2 Å². The lowest BCUT2D eigenvalue weighted by atomic mass is 10.1. The molecule has 2 aliphatic heterocycles. The lowest BCUT2D eigenvalue weighted by Crippen LogP contribution is -2.47. The van der Waals surface area contributed by atoms with Crippen LogP contribution in [0.1, 0.15) is 24.8 Å². The van der Waals surface area contributed by atoms with Crippen LogP contribution in [0.25, 0.3) is 11.3 Å². The van der Waals surface area contributed by atoms with Gasteiger partial charge in [0.1, 0.15) is 12.4 Å². The van der Waals surface area contributed by atoms with Gasteiger partial charge in [-0.3, -0.25) is 9.69 Å². The van der Waals surface area contributed by atoms with Crippen LogP contribution in [0, 0.1) is 0 Å². The number of rotatable bonds is 7. The topological polar surface area (TPSA) is 72.9 Å². The molecule has 4 rings (SSSR count). The number of nitrogens with one attached hydrogen (secondary N) is 1. The van der Waals surface area contributed by atoms with E-state index in [-0.39, 0.29) is 12.0 Å². The van der Waals surface area contributed by atoms with Gasteiger partial charge in [0.25, 0.3) is 0 Å². The first-order chi connectivity index (χ1) is 14.7. The molecule has 1 unspecified atom stereocenters. The Balaban J connectivity index is 1.56. The van der Waals surface area contributed by atoms with Crippen LogP contribution in [0.4, 0.5) is 0 Å². The molecule has 1 aromatic heterocycles. The van der Waals surface area contributed by atoms with Crippen LogP contribution in [-0.2, 0) is 16.1 Å². The van der Waals surface area contributed by atoms with Gasteiger partial charge >= 0.3 is 0 Å². The quantitative estimate of drug-likeness (QED) is 0.755. The molecule has 3 heterocycles. The van der Waals surface area contributed by atoms with Crippen molar-refractivity contribution in [2.24, 2.45) is 0 Å². The van der Waals surface area contributed by atoms with E-state index < -0.39 is 0 Å². The summed E-state index contributed by atoms with van der Waals surface area (Å²) in [6.45, 7) is 3.88. The highest BCUT2D eigenvalue weighted by molar-refractivity contribution is 5.78. The number of carbonyl (C=O) groups is 1. The van der Waals surface area contributed by atoms with E-state index in [1.54, 1.807) is 7.11 Å². The summed E-state index contributed by atoms with van der Waals surface area (Å²) >= 11 is 0. The average molecular weight is 412 g/mol. The highest BCUT2D eigenvalue weighted by atomic mass is 16.5. The van der Waals surface area contributed by atoms with E-state index >= 15 is 0 Å². The van der Waals surface area contributed by atoms with Crippen molar-refractivity contribution in [1.82, 2.24) is 15.2 Å². The SMILES string of the molecule is COc1cccc(-c2ccc(OCC3CCCCO3)c(CN3CCNC(=O)C3)c2)n1. The largest absolute Gasteiger partial charge is 0.491 e. The molecule has 7 heteroatoms. The summed E-state index contributed by atoms with van der Waals surface area (Å²) in [4.78, 5) is 18.5. The Labute approximate surface area is 177 Å². The third-order valence-corrected chi connectivity index (χ3v) is 5.50. The first kappa shape index (κ1) is 20.6. The smallest absolute Gasteiger partial charge is 0.234 e. The van der Waals surface area contributed by atoms with Gasteiger partial charge in [-0.25, -0.2) is 4.98 Å². The van der Waals surface area contributed by atoms with Crippen molar-refractivity contribution in [3.05, 3.63) is 42.0 Å². The van der Waals surface area contributed by atoms with Crippen LogP contribution in [0.3, 0.4) is 0 Å². The maximum atomic E-state index is 11.8. The summed E-state index contributed by atoms with van der Waals surface area (Å²) in [6, 6.07) is 11.8. The number of pyridine rings is 1. The van der Waals surface area contributed by atoms with Gasteiger partial charge in [0.2, 0.25) is 11.8 Å². The number of hydrogen-bond acceptors (Lipinski definition) is 6. The second kappa shape index (κ2) is 9.91. The minimum atomic E-state index is 0.0601. The van der Waals surface area contributed by atoms with Gasteiger partial charge < -0.3 is 19.5 Å². The summed E-state index contributed by atoms with van der Waals surface area (Å²) in [5.74, 6) is 1.48. The standard InChI is InChI=1S/C23H29N3O4/c1-28-23-7-4-6-20(25-23)17-8-9-21(30-16-19-5-2-3-12-29-19)18(13-17)14-26-11-10-24-22(27)15-26/h4,6-9,13,19H,2-3,5,10-12,14-16H2,1H3,(H,24,27). The Morgan fingerprint density at radius 3 is 3.00 bits per heavy atom. The molecule has 1 N–H and O–H groups in total. The zero-order valence-electron chi connectivity index (χ0n) is 17.4. The number of nitrogens with zero attached hydrogens (tertiary/aromatic N) is 2. The van der Waals surface area contributed by atoms with Crippen molar-refractivity contribution >= 4 is 5.91 Å². The molecule has 2 fully saturated rings. The van der Waals surface area contributed by atoms with E-state index in [0.29, 0.717) is 32.1 Å². The first-order valence-electron chi connectivity index (χ1n) is 10.6. The van der Waals surface area contributed by atoms with Crippen LogP contribution in [-0.4, -0.2) is 61.9 Å². The summed E-state index contributed by atoms with van der Waals surface area (Å²) in [5, 5.41) is 2.88. The highest BCUT2D eigenvalue weighted by Gasteiger charge is 2.20. The summed E-state index contributed by atoms with van der Waals surface area (Å²) in [5.41, 5.74) is 2.88. The van der Waals surface area contributed by atoms with Crippen LogP contribution in [0.2, 0.25) is 0 Å². The van der Waals surface area contributed by atoms with E-state index in [2.05, 4.69) is 21.3 Å². The molecule has 2 aliphatic rings. The molecule has 0 spiro atoms. The van der Waals surface area contributed by atoms with Crippen LogP contribution < -0.4 is 14.8 Å². The van der Waals surface area contributed by atoms with Crippen molar-refractivity contribution in [1.29, 1.82) is 0 Å². The van der Waals surface area contributed by atoms with Crippen molar-refractivity contribution in [2.75, 3.05) is 40.0 Å². The second-order valence-electron chi connectivity index (χ2n) is 7.75. The molecule has 0 saturated carbocycles. The van der Waals surface area contributed by atoms with Crippen molar-refractivity contribution in [3.8, 4) is 22.9 Å². The molecule has 0 aliphatic carbocycles. The zero-order chi connectivity index (χ0) is 20.8. The maximum Gasteiger partial charge on any atom is 0.234 e. The Morgan fingerprint density at radius 2 is 2.20 bits per heavy atom. The number of benzene rings is 1. The van der Waals surface area contributed by atoms with Crippen LogP contribution >= 0.6 is 0 Å². The van der Waals surface area contributed by atoms with E-state index in [1.807, 2.05) is 30.3 Å². The van der Waals surface area contributed by atoms with Crippen molar-refractivity contribution in [3.63, 3.8) is 0 Å². The number of ether oxygens (including phenoxy) is 3. The molecular formula is C23H29N3O4. The highest BCUT2D eigenvalue weighted by Crippen LogP contribution is 2.29. The third-order valence-electron chi connectivity index (χ3n) is 5.50. The normalized spacial score (nSPS) is 19.9. The maximum absolute atomic E-state index is 11.8. The van der Waals surface area contributed by atoms with E-state index in [1.165, 1.54) is 6.42 Å². The number of piperazine rings is 1. The Hall–Kier alpha value is -2.64. The number of amides is 1. The molecule has 7 nitrogen and oxygen atoms in total. The fourth-order valence-electron chi connectivity index (χ4n) is 3.88. The molecule has 1 atom stereocenters. The predicted octanol–water partition coefficient (Wildman–Crippen LogP) is 2.64. The van der Waals surface area contributed by atoms with Gasteiger partial charge in [-0.2, -0.15) is 0 Å². The predicted molar refractivity (Wildman–Crippen MR) is 114 cm³/mol. The van der Waals surface area contributed by atoms with Gasteiger partial charge in [0.15, 0.2) is 0 Å². The Bertz CT molecular complexity index is 867. The van der Waals surface area contributed by atoms with Crippen LogP contribution in [0.15, 0.2) is 36.4 Å². The van der Waals surface area contributed by atoms with Gasteiger partial charge in [-0.1, -0.05) is 6.07 Å². The Morgan fingerprint density at radius 1 is 1.27 bits per heavy atom. The molecule has 0 radical (unpaired) electrons. The summed E-state index contributed by atoms with van der Waals surface area (Å²) < 4.78 is 17.3. The van der Waals surface area contributed by atoms with E-state index in [0.717, 1.165) is 48.6 Å². The lowest BCUT2D eigenvalue weighted by Gasteiger charge is -2.28. The average Bonchev–Trinajstić information content (AvgIpc) is 2.79. The van der Waals surface area contributed by atoms with Gasteiger partial charge in [0.05, 0.1) is 25.5 Å². The fourth-order valence-corrected chi connectivity index (χ4v) is 3.88. The molecule has 0 bridgehead atoms. The third kappa shape index (κ3) is 5.29. The number of aromatic nitrogens is 1. The molecule has 160 valence electrons. The number of methoxy groups -OCH3 is 1. The van der Waals surface area contributed by atoms with Gasteiger partial charge in [-0.15, -0.1) is 0 Å². The fraction of sp³-hybridized carbons (Fsp3) is 0.478. The van der Waals surface area contributed by atoms with Crippen molar-refractivity contribution < 1.29 is 19.0 Å². The summed E-state index contributed by atoms with van der Waals surface area (Å²) in [6.07, 6.45) is 3.49. The monoisotopic (exact) mass is 411 g/mol. The Kier molecular flexibility index (Phi) is 6.81. The molecule has 30 heavy (non-hydrogen) atoms. The molecule has 2 saturated heterocycles. The minimum Gasteiger partial charge on any atom is -0.491 e. The lowest BCUT2D eigenvalue weighted by molar-refractivity contribution is -0.124. The molecular weight excluding hydrogens is 382 g/mol. The molecule has 2 aromatic rings. The van der Waals surface area contributed by atoms with Crippen molar-refractivity contribution in [2.45, 2.75) is 31.9 Å². The second-order valence-corrected chi connectivity index (χ2v) is 7.75. The first-order valence-corrected chi connectivity index (χ1v) is 10.6. The van der Waals surface area contributed by atoms with Gasteiger partial charge in [-0.05, 0) is 43.5 Å². The molecule has 1 aromatic carbocycles.